The first-order chi connectivity index (χ1) is 15.6. The summed E-state index contributed by atoms with van der Waals surface area (Å²) in [5, 5.41) is 0. The Labute approximate surface area is 184 Å². The number of aromatic nitrogens is 2. The number of nitrogens with zero attached hydrogens (tertiary/aromatic N) is 1. The highest BCUT2D eigenvalue weighted by Gasteiger charge is 2.31. The van der Waals surface area contributed by atoms with E-state index in [2.05, 4.69) is 9.97 Å². The molecule has 0 amide bonds. The number of hydrogen-bond donors (Lipinski definition) is 1. The molecule has 170 valence electrons. The fourth-order valence-electron chi connectivity index (χ4n) is 3.32. The minimum Gasteiger partial charge on any atom is -0.497 e. The molecule has 1 heterocycles. The third-order valence-corrected chi connectivity index (χ3v) is 5.05. The van der Waals surface area contributed by atoms with Crippen LogP contribution in [0, 0.1) is 0 Å². The standard InChI is InChI=1S/C24H16F6N2O/c1-33-19-12-6-15(7-13-19)21-20(14-2-8-17(9-3-14)23(25,26)27)31-22(32-21)16-4-10-18(11-5-16)24(28,29)30/h2-13H,1H3,(H,31,32). The average Bonchev–Trinajstić information content (AvgIpc) is 3.24. The van der Waals surface area contributed by atoms with Crippen LogP contribution in [0.1, 0.15) is 11.1 Å². The molecule has 3 nitrogen and oxygen atoms in total. The Morgan fingerprint density at radius 2 is 1.09 bits per heavy atom. The summed E-state index contributed by atoms with van der Waals surface area (Å²) in [5.41, 5.74) is 0.780. The normalized spacial score (nSPS) is 12.1. The van der Waals surface area contributed by atoms with E-state index in [1.54, 1.807) is 24.3 Å². The molecule has 0 saturated heterocycles. The van der Waals surface area contributed by atoms with Crippen LogP contribution in [0.4, 0.5) is 26.3 Å². The Kier molecular flexibility index (Phi) is 5.65. The van der Waals surface area contributed by atoms with Crippen LogP contribution in [0.3, 0.4) is 0 Å². The van der Waals surface area contributed by atoms with E-state index < -0.39 is 23.5 Å². The predicted molar refractivity (Wildman–Crippen MR) is 111 cm³/mol. The fourth-order valence-corrected chi connectivity index (χ4v) is 3.32. The molecule has 0 unspecified atom stereocenters. The van der Waals surface area contributed by atoms with Gasteiger partial charge in [-0.15, -0.1) is 0 Å². The SMILES string of the molecule is COc1ccc(-c2nc(-c3ccc(C(F)(F)F)cc3)[nH]c2-c2ccc(C(F)(F)F)cc2)cc1. The lowest BCUT2D eigenvalue weighted by Gasteiger charge is -2.08. The first-order valence-corrected chi connectivity index (χ1v) is 9.66. The smallest absolute Gasteiger partial charge is 0.416 e. The molecule has 33 heavy (non-hydrogen) atoms. The van der Waals surface area contributed by atoms with Gasteiger partial charge in [-0.3, -0.25) is 0 Å². The van der Waals surface area contributed by atoms with Crippen LogP contribution in [0.25, 0.3) is 33.9 Å². The molecule has 9 heteroatoms. The van der Waals surface area contributed by atoms with Crippen molar-refractivity contribution in [2.45, 2.75) is 12.4 Å². The van der Waals surface area contributed by atoms with Crippen molar-refractivity contribution < 1.29 is 31.1 Å². The van der Waals surface area contributed by atoms with E-state index in [-0.39, 0.29) is 5.82 Å². The van der Waals surface area contributed by atoms with Crippen molar-refractivity contribution in [3.05, 3.63) is 83.9 Å². The topological polar surface area (TPSA) is 37.9 Å². The first-order valence-electron chi connectivity index (χ1n) is 9.66. The Morgan fingerprint density at radius 3 is 1.55 bits per heavy atom. The highest BCUT2D eigenvalue weighted by atomic mass is 19.4. The average molecular weight is 462 g/mol. The van der Waals surface area contributed by atoms with Crippen LogP contribution < -0.4 is 4.74 Å². The van der Waals surface area contributed by atoms with Crippen LogP contribution in [0.15, 0.2) is 72.8 Å². The number of aromatic amines is 1. The number of halogens is 6. The van der Waals surface area contributed by atoms with E-state index >= 15 is 0 Å². The van der Waals surface area contributed by atoms with Crippen LogP contribution >= 0.6 is 0 Å². The van der Waals surface area contributed by atoms with Gasteiger partial charge in [-0.1, -0.05) is 24.3 Å². The summed E-state index contributed by atoms with van der Waals surface area (Å²) < 4.78 is 82.7. The van der Waals surface area contributed by atoms with Crippen molar-refractivity contribution in [2.24, 2.45) is 0 Å². The van der Waals surface area contributed by atoms with Crippen molar-refractivity contribution in [2.75, 3.05) is 7.11 Å². The van der Waals surface area contributed by atoms with Gasteiger partial charge in [-0.2, -0.15) is 26.3 Å². The maximum atomic E-state index is 13.0. The summed E-state index contributed by atoms with van der Waals surface area (Å²) in [5.74, 6) is 0.887. The van der Waals surface area contributed by atoms with Gasteiger partial charge in [-0.05, 0) is 48.5 Å². The quantitative estimate of drug-likeness (QED) is 0.320. The number of rotatable bonds is 4. The maximum Gasteiger partial charge on any atom is 0.416 e. The zero-order valence-corrected chi connectivity index (χ0v) is 17.1. The van der Waals surface area contributed by atoms with Gasteiger partial charge in [0.25, 0.3) is 0 Å². The van der Waals surface area contributed by atoms with Crippen molar-refractivity contribution >= 4 is 0 Å². The molecule has 1 aromatic heterocycles. The monoisotopic (exact) mass is 462 g/mol. The Balaban J connectivity index is 1.81. The number of H-pyrrole nitrogens is 1. The van der Waals surface area contributed by atoms with Gasteiger partial charge in [0.1, 0.15) is 11.6 Å². The predicted octanol–water partition coefficient (Wildman–Crippen LogP) is 7.46. The zero-order valence-electron chi connectivity index (χ0n) is 17.1. The summed E-state index contributed by atoms with van der Waals surface area (Å²) in [6.07, 6.45) is -8.95. The summed E-state index contributed by atoms with van der Waals surface area (Å²) in [4.78, 5) is 7.60. The molecule has 0 bridgehead atoms. The van der Waals surface area contributed by atoms with Gasteiger partial charge in [0, 0.05) is 16.7 Å². The molecule has 3 aromatic carbocycles. The second-order valence-electron chi connectivity index (χ2n) is 7.19. The summed E-state index contributed by atoms with van der Waals surface area (Å²) in [6, 6.07) is 15.9. The first kappa shape index (κ1) is 22.4. The number of benzene rings is 3. The molecule has 0 spiro atoms. The second kappa shape index (κ2) is 8.31. The van der Waals surface area contributed by atoms with E-state index in [9.17, 15) is 26.3 Å². The number of nitrogens with one attached hydrogen (secondary N) is 1. The van der Waals surface area contributed by atoms with Crippen LogP contribution in [-0.4, -0.2) is 17.1 Å². The van der Waals surface area contributed by atoms with Gasteiger partial charge in [0.15, 0.2) is 0 Å². The minimum absolute atomic E-state index is 0.282. The Bertz CT molecular complexity index is 1240. The molecule has 0 aliphatic carbocycles. The van der Waals surface area contributed by atoms with Gasteiger partial charge in [0.2, 0.25) is 0 Å². The summed E-state index contributed by atoms with van der Waals surface area (Å²) >= 11 is 0. The van der Waals surface area contributed by atoms with Crippen molar-refractivity contribution in [1.29, 1.82) is 0 Å². The van der Waals surface area contributed by atoms with E-state index in [4.69, 9.17) is 4.74 Å². The van der Waals surface area contributed by atoms with Crippen LogP contribution in [-0.2, 0) is 12.4 Å². The van der Waals surface area contributed by atoms with E-state index in [0.717, 1.165) is 24.3 Å². The number of imidazole rings is 1. The highest BCUT2D eigenvalue weighted by molar-refractivity contribution is 5.81. The van der Waals surface area contributed by atoms with E-state index in [0.29, 0.717) is 33.8 Å². The lowest BCUT2D eigenvalue weighted by atomic mass is 10.0. The molecular formula is C24H16F6N2O. The van der Waals surface area contributed by atoms with Crippen LogP contribution in [0.2, 0.25) is 0 Å². The van der Waals surface area contributed by atoms with Crippen molar-refractivity contribution in [1.82, 2.24) is 9.97 Å². The highest BCUT2D eigenvalue weighted by Crippen LogP contribution is 2.37. The zero-order chi connectivity index (χ0) is 23.8. The molecule has 0 aliphatic rings. The largest absolute Gasteiger partial charge is 0.497 e. The maximum absolute atomic E-state index is 13.0. The van der Waals surface area contributed by atoms with Gasteiger partial charge in [0.05, 0.1) is 29.6 Å². The molecular weight excluding hydrogens is 446 g/mol. The molecule has 0 fully saturated rings. The second-order valence-corrected chi connectivity index (χ2v) is 7.19. The summed E-state index contributed by atoms with van der Waals surface area (Å²) in [7, 11) is 1.51. The third kappa shape index (κ3) is 4.72. The molecule has 0 aliphatic heterocycles. The van der Waals surface area contributed by atoms with E-state index in [1.807, 2.05) is 0 Å². The van der Waals surface area contributed by atoms with Gasteiger partial charge < -0.3 is 9.72 Å². The van der Waals surface area contributed by atoms with Crippen molar-refractivity contribution in [3.63, 3.8) is 0 Å². The van der Waals surface area contributed by atoms with E-state index in [1.165, 1.54) is 31.4 Å². The summed E-state index contributed by atoms with van der Waals surface area (Å²) in [6.45, 7) is 0. The molecule has 1 N–H and O–H groups in total. The molecule has 4 rings (SSSR count). The lowest BCUT2D eigenvalue weighted by Crippen LogP contribution is -2.04. The van der Waals surface area contributed by atoms with Gasteiger partial charge >= 0.3 is 12.4 Å². The third-order valence-electron chi connectivity index (χ3n) is 5.05. The van der Waals surface area contributed by atoms with Crippen LogP contribution in [0.5, 0.6) is 5.75 Å². The fraction of sp³-hybridized carbons (Fsp3) is 0.125. The number of ether oxygens (including phenoxy) is 1. The number of methoxy groups -OCH3 is 1. The number of alkyl halides is 6. The lowest BCUT2D eigenvalue weighted by molar-refractivity contribution is -0.138. The molecule has 4 aromatic rings. The number of hydrogen-bond acceptors (Lipinski definition) is 2. The Hall–Kier alpha value is -3.75. The van der Waals surface area contributed by atoms with Crippen molar-refractivity contribution in [3.8, 4) is 39.7 Å². The molecule has 0 saturated carbocycles. The van der Waals surface area contributed by atoms with Gasteiger partial charge in [-0.25, -0.2) is 4.98 Å². The Morgan fingerprint density at radius 1 is 0.636 bits per heavy atom. The molecule has 0 radical (unpaired) electrons. The molecule has 0 atom stereocenters. The minimum atomic E-state index is -4.48.